The van der Waals surface area contributed by atoms with Gasteiger partial charge in [-0.3, -0.25) is 20.4 Å². The minimum Gasteiger partial charge on any atom is -0.496 e. The second-order valence-electron chi connectivity index (χ2n) is 5.32. The summed E-state index contributed by atoms with van der Waals surface area (Å²) in [5, 5.41) is 2.82. The molecule has 0 spiro atoms. The number of carbonyl (C=O) groups is 2. The Bertz CT molecular complexity index is 542. The molecule has 1 atom stereocenters. The summed E-state index contributed by atoms with van der Waals surface area (Å²) in [6.07, 6.45) is 0.669. The van der Waals surface area contributed by atoms with Gasteiger partial charge in [-0.1, -0.05) is 25.1 Å². The molecule has 1 saturated heterocycles. The van der Waals surface area contributed by atoms with Crippen LogP contribution >= 0.6 is 0 Å². The smallest absolute Gasteiger partial charge is 0.311 e. The Balaban J connectivity index is 2.05. The van der Waals surface area contributed by atoms with Crippen LogP contribution in [0.3, 0.4) is 0 Å². The van der Waals surface area contributed by atoms with Gasteiger partial charge in [0.2, 0.25) is 0 Å². The first-order valence-electron chi connectivity index (χ1n) is 7.85. The maximum Gasteiger partial charge on any atom is 0.311 e. The fourth-order valence-electron chi connectivity index (χ4n) is 2.59. The lowest BCUT2D eigenvalue weighted by Crippen LogP contribution is -2.45. The first-order chi connectivity index (χ1) is 11.2. The predicted octanol–water partition coefficient (Wildman–Crippen LogP) is 0.199. The summed E-state index contributed by atoms with van der Waals surface area (Å²) in [6, 6.07) is 7.25. The van der Waals surface area contributed by atoms with E-state index in [0.717, 1.165) is 5.56 Å². The number of ether oxygens (including phenoxy) is 1. The number of rotatable bonds is 4. The minimum atomic E-state index is -0.579. The largest absolute Gasteiger partial charge is 0.496 e. The van der Waals surface area contributed by atoms with Crippen molar-refractivity contribution in [3.63, 3.8) is 0 Å². The van der Waals surface area contributed by atoms with Crippen molar-refractivity contribution in [1.29, 1.82) is 0 Å². The molecule has 1 heterocycles. The molecule has 0 aromatic heterocycles. The summed E-state index contributed by atoms with van der Waals surface area (Å²) < 4.78 is 5.34. The van der Waals surface area contributed by atoms with E-state index in [1.165, 1.54) is 0 Å². The van der Waals surface area contributed by atoms with Crippen molar-refractivity contribution in [3.8, 4) is 5.75 Å². The van der Waals surface area contributed by atoms with E-state index in [1.54, 1.807) is 12.0 Å². The first kappa shape index (κ1) is 17.2. The van der Waals surface area contributed by atoms with E-state index in [-0.39, 0.29) is 6.04 Å². The molecule has 126 valence electrons. The highest BCUT2D eigenvalue weighted by Gasteiger charge is 2.25. The van der Waals surface area contributed by atoms with E-state index in [4.69, 9.17) is 4.74 Å². The Morgan fingerprint density at radius 3 is 2.52 bits per heavy atom. The van der Waals surface area contributed by atoms with E-state index >= 15 is 0 Å². The maximum absolute atomic E-state index is 12.3. The first-order valence-corrected chi connectivity index (χ1v) is 7.85. The molecule has 3 N–H and O–H groups in total. The molecule has 23 heavy (non-hydrogen) atoms. The monoisotopic (exact) mass is 320 g/mol. The van der Waals surface area contributed by atoms with Gasteiger partial charge in [-0.25, -0.2) is 0 Å². The number of amides is 2. The molecule has 1 fully saturated rings. The van der Waals surface area contributed by atoms with Gasteiger partial charge in [-0.15, -0.1) is 0 Å². The molecule has 7 heteroatoms. The van der Waals surface area contributed by atoms with Crippen molar-refractivity contribution in [1.82, 2.24) is 21.1 Å². The lowest BCUT2D eigenvalue weighted by atomic mass is 10.0. The van der Waals surface area contributed by atoms with Gasteiger partial charge in [-0.05, 0) is 12.5 Å². The Kier molecular flexibility index (Phi) is 6.37. The van der Waals surface area contributed by atoms with Gasteiger partial charge >= 0.3 is 11.8 Å². The summed E-state index contributed by atoms with van der Waals surface area (Å²) in [5.74, 6) is -0.372. The van der Waals surface area contributed by atoms with Gasteiger partial charge in [0.05, 0.1) is 13.2 Å². The van der Waals surface area contributed by atoms with E-state index in [1.807, 2.05) is 31.2 Å². The lowest BCUT2D eigenvalue weighted by molar-refractivity contribution is -0.146. The van der Waals surface area contributed by atoms with Crippen LogP contribution in [0.1, 0.15) is 24.9 Å². The molecular formula is C16H24N4O3. The molecule has 1 aliphatic heterocycles. The molecule has 7 nitrogen and oxygen atoms in total. The van der Waals surface area contributed by atoms with Gasteiger partial charge in [0, 0.05) is 31.7 Å². The highest BCUT2D eigenvalue weighted by atomic mass is 16.5. The van der Waals surface area contributed by atoms with Crippen molar-refractivity contribution < 1.29 is 14.3 Å². The lowest BCUT2D eigenvalue weighted by Gasteiger charge is -2.23. The third kappa shape index (κ3) is 4.43. The topological polar surface area (TPSA) is 82.7 Å². The zero-order valence-corrected chi connectivity index (χ0v) is 13.6. The molecule has 0 saturated carbocycles. The highest BCUT2D eigenvalue weighted by molar-refractivity contribution is 6.35. The fourth-order valence-corrected chi connectivity index (χ4v) is 2.59. The molecule has 2 amide bonds. The van der Waals surface area contributed by atoms with Crippen molar-refractivity contribution in [2.75, 3.05) is 33.3 Å². The van der Waals surface area contributed by atoms with Crippen LogP contribution in [-0.4, -0.2) is 50.0 Å². The zero-order chi connectivity index (χ0) is 16.7. The summed E-state index contributed by atoms with van der Waals surface area (Å²) in [6.45, 7) is 4.20. The van der Waals surface area contributed by atoms with Gasteiger partial charge in [0.25, 0.3) is 0 Å². The molecule has 0 bridgehead atoms. The van der Waals surface area contributed by atoms with Crippen LogP contribution in [0, 0.1) is 0 Å². The summed E-state index contributed by atoms with van der Waals surface area (Å²) >= 11 is 0. The normalized spacial score (nSPS) is 16.3. The summed E-state index contributed by atoms with van der Waals surface area (Å²) in [7, 11) is 1.59. The van der Waals surface area contributed by atoms with Crippen LogP contribution in [0.25, 0.3) is 0 Å². The van der Waals surface area contributed by atoms with Crippen molar-refractivity contribution in [3.05, 3.63) is 29.8 Å². The van der Waals surface area contributed by atoms with Gasteiger partial charge in [0.1, 0.15) is 5.75 Å². The number of nitrogens with zero attached hydrogens (tertiary/aromatic N) is 1. The third-order valence-electron chi connectivity index (χ3n) is 3.85. The zero-order valence-electron chi connectivity index (χ0n) is 13.6. The quantitative estimate of drug-likeness (QED) is 0.690. The molecule has 1 unspecified atom stereocenters. The molecule has 1 aromatic rings. The Hall–Kier alpha value is -2.12. The van der Waals surface area contributed by atoms with Gasteiger partial charge in [0.15, 0.2) is 0 Å². The Labute approximate surface area is 136 Å². The van der Waals surface area contributed by atoms with Crippen LogP contribution in [-0.2, 0) is 9.59 Å². The molecule has 0 radical (unpaired) electrons. The predicted molar refractivity (Wildman–Crippen MR) is 86.8 cm³/mol. The fraction of sp³-hybridized carbons (Fsp3) is 0.500. The number of methoxy groups -OCH3 is 1. The van der Waals surface area contributed by atoms with E-state index in [0.29, 0.717) is 38.3 Å². The standard InChI is InChI=1S/C16H24N4O3/c1-3-13(12-6-4-5-7-14(12)23-2)19-15(21)16(22)20-10-8-17-18-9-11-20/h4-7,13,17-18H,3,8-11H2,1-2H3,(H,19,21). The number of hydrogen-bond acceptors (Lipinski definition) is 5. The van der Waals surface area contributed by atoms with Gasteiger partial charge < -0.3 is 15.0 Å². The molecule has 1 aliphatic rings. The SMILES string of the molecule is CCC(NC(=O)C(=O)N1CCNNCC1)c1ccccc1OC. The number of para-hydroxylation sites is 1. The third-order valence-corrected chi connectivity index (χ3v) is 3.85. The second kappa shape index (κ2) is 8.50. The number of nitrogens with one attached hydrogen (secondary N) is 3. The number of carbonyl (C=O) groups excluding carboxylic acids is 2. The molecule has 1 aromatic carbocycles. The minimum absolute atomic E-state index is 0.258. The van der Waals surface area contributed by atoms with Crippen LogP contribution in [0.5, 0.6) is 5.75 Å². The average molecular weight is 320 g/mol. The highest BCUT2D eigenvalue weighted by Crippen LogP contribution is 2.26. The summed E-state index contributed by atoms with van der Waals surface area (Å²) in [5.41, 5.74) is 6.82. The second-order valence-corrected chi connectivity index (χ2v) is 5.32. The number of hydrogen-bond donors (Lipinski definition) is 3. The molecular weight excluding hydrogens is 296 g/mol. The van der Waals surface area contributed by atoms with Crippen LogP contribution in [0.15, 0.2) is 24.3 Å². The van der Waals surface area contributed by atoms with Crippen LogP contribution < -0.4 is 20.9 Å². The van der Waals surface area contributed by atoms with Gasteiger partial charge in [-0.2, -0.15) is 0 Å². The van der Waals surface area contributed by atoms with Crippen molar-refractivity contribution in [2.24, 2.45) is 0 Å². The van der Waals surface area contributed by atoms with Crippen molar-refractivity contribution in [2.45, 2.75) is 19.4 Å². The maximum atomic E-state index is 12.3. The number of benzene rings is 1. The van der Waals surface area contributed by atoms with E-state index in [9.17, 15) is 9.59 Å². The van der Waals surface area contributed by atoms with Crippen LogP contribution in [0.2, 0.25) is 0 Å². The van der Waals surface area contributed by atoms with E-state index in [2.05, 4.69) is 16.2 Å². The Morgan fingerprint density at radius 1 is 1.26 bits per heavy atom. The summed E-state index contributed by atoms with van der Waals surface area (Å²) in [4.78, 5) is 26.2. The number of hydrazine groups is 1. The molecule has 0 aliphatic carbocycles. The van der Waals surface area contributed by atoms with E-state index < -0.39 is 11.8 Å². The van der Waals surface area contributed by atoms with Crippen molar-refractivity contribution >= 4 is 11.8 Å². The average Bonchev–Trinajstić information content (AvgIpc) is 2.88. The Morgan fingerprint density at radius 2 is 1.91 bits per heavy atom. The molecule has 2 rings (SSSR count). The van der Waals surface area contributed by atoms with Crippen LogP contribution in [0.4, 0.5) is 0 Å².